The van der Waals surface area contributed by atoms with Gasteiger partial charge in [0.05, 0.1) is 23.5 Å². The van der Waals surface area contributed by atoms with Gasteiger partial charge in [-0.05, 0) is 47.6 Å². The molecule has 0 amide bonds. The smallest absolute Gasteiger partial charge is 0.384 e. The van der Waals surface area contributed by atoms with Gasteiger partial charge in [-0.1, -0.05) is 10.6 Å². The minimum atomic E-state index is -2.23. The SMILES string of the molecule is CC(C)(C)C(=O)OC(OC(=O)C(C)(C)C)[P+](=O)C/C=C/Cn1cnc2c(=O)[nH]cnc21. The van der Waals surface area contributed by atoms with Crippen LogP contribution in [-0.2, 0) is 30.2 Å². The number of rotatable bonds is 7. The summed E-state index contributed by atoms with van der Waals surface area (Å²) in [6.45, 7) is 10.3. The Balaban J connectivity index is 2.07. The molecule has 0 spiro atoms. The molecule has 2 rings (SSSR count). The topological polar surface area (TPSA) is 133 Å². The van der Waals surface area contributed by atoms with Crippen LogP contribution in [0.4, 0.5) is 0 Å². The molecule has 0 fully saturated rings. The highest BCUT2D eigenvalue weighted by Crippen LogP contribution is 2.34. The lowest BCUT2D eigenvalue weighted by molar-refractivity contribution is -0.184. The number of allylic oxidation sites excluding steroid dienone is 2. The zero-order chi connectivity index (χ0) is 23.4. The standard InChI is InChI=1S/C20H27N4O6P/c1-19(2,3)16(26)29-18(30-17(27)20(4,5)6)31(28)10-8-7-9-24-12-23-13-14(24)21-11-22-15(13)25/h7-8,11-12,18H,9-10H2,1-6H3/p+1/b8-7+. The van der Waals surface area contributed by atoms with Crippen molar-refractivity contribution in [3.05, 3.63) is 35.2 Å². The molecular weight excluding hydrogens is 423 g/mol. The van der Waals surface area contributed by atoms with E-state index in [1.54, 1.807) is 58.3 Å². The third-order valence-electron chi connectivity index (χ3n) is 4.04. The van der Waals surface area contributed by atoms with E-state index in [-0.39, 0.29) is 17.2 Å². The lowest BCUT2D eigenvalue weighted by Gasteiger charge is -2.21. The molecule has 2 aromatic rings. The zero-order valence-electron chi connectivity index (χ0n) is 18.5. The molecule has 1 atom stereocenters. The molecule has 11 heteroatoms. The van der Waals surface area contributed by atoms with Crippen molar-refractivity contribution in [1.29, 1.82) is 0 Å². The van der Waals surface area contributed by atoms with Crippen molar-refractivity contribution < 1.29 is 23.6 Å². The molecular formula is C20H28N4O6P+. The Hall–Kier alpha value is -2.87. The highest BCUT2D eigenvalue weighted by molar-refractivity contribution is 7.45. The first-order chi connectivity index (χ1) is 14.3. The lowest BCUT2D eigenvalue weighted by Crippen LogP contribution is -2.33. The summed E-state index contributed by atoms with van der Waals surface area (Å²) in [5, 5.41) is 0. The number of hydrogen-bond acceptors (Lipinski definition) is 8. The Morgan fingerprint density at radius 2 is 1.68 bits per heavy atom. The number of nitrogens with zero attached hydrogens (tertiary/aromatic N) is 3. The maximum atomic E-state index is 12.8. The number of fused-ring (bicyclic) bond motifs is 1. The Morgan fingerprint density at radius 1 is 1.10 bits per heavy atom. The minimum Gasteiger partial charge on any atom is -0.384 e. The Kier molecular flexibility index (Phi) is 7.49. The van der Waals surface area contributed by atoms with Crippen LogP contribution >= 0.6 is 7.80 Å². The van der Waals surface area contributed by atoms with Crippen LogP contribution in [0.15, 0.2) is 29.6 Å². The third kappa shape index (κ3) is 6.55. The summed E-state index contributed by atoms with van der Waals surface area (Å²) in [5.74, 6) is -1.24. The van der Waals surface area contributed by atoms with E-state index in [9.17, 15) is 18.9 Å². The number of H-pyrrole nitrogens is 1. The number of esters is 2. The molecule has 31 heavy (non-hydrogen) atoms. The second kappa shape index (κ2) is 9.51. The highest BCUT2D eigenvalue weighted by Gasteiger charge is 2.41. The number of imidazole rings is 1. The summed E-state index contributed by atoms with van der Waals surface area (Å²) in [6, 6.07) is -1.48. The molecule has 0 saturated carbocycles. The van der Waals surface area contributed by atoms with E-state index in [0.29, 0.717) is 12.2 Å². The molecule has 0 saturated heterocycles. The Labute approximate surface area is 180 Å². The first-order valence-electron chi connectivity index (χ1n) is 9.70. The summed E-state index contributed by atoms with van der Waals surface area (Å²) in [6.07, 6.45) is 6.14. The van der Waals surface area contributed by atoms with Crippen LogP contribution in [0.3, 0.4) is 0 Å². The first kappa shape index (κ1) is 24.4. The monoisotopic (exact) mass is 451 g/mol. The van der Waals surface area contributed by atoms with E-state index >= 15 is 0 Å². The van der Waals surface area contributed by atoms with E-state index in [1.807, 2.05) is 0 Å². The molecule has 2 heterocycles. The van der Waals surface area contributed by atoms with Crippen LogP contribution in [0.25, 0.3) is 11.2 Å². The highest BCUT2D eigenvalue weighted by atomic mass is 31.1. The first-order valence-corrected chi connectivity index (χ1v) is 11.2. The zero-order valence-corrected chi connectivity index (χ0v) is 19.4. The van der Waals surface area contributed by atoms with Gasteiger partial charge in [0, 0.05) is 6.54 Å². The van der Waals surface area contributed by atoms with Gasteiger partial charge in [0.2, 0.25) is 0 Å². The van der Waals surface area contributed by atoms with Crippen molar-refractivity contribution in [2.45, 2.75) is 54.1 Å². The van der Waals surface area contributed by atoms with Gasteiger partial charge in [-0.15, -0.1) is 0 Å². The molecule has 168 valence electrons. The summed E-state index contributed by atoms with van der Waals surface area (Å²) < 4.78 is 24.9. The van der Waals surface area contributed by atoms with Gasteiger partial charge in [0.1, 0.15) is 0 Å². The second-order valence-corrected chi connectivity index (χ2v) is 10.6. The maximum absolute atomic E-state index is 12.8. The van der Waals surface area contributed by atoms with Crippen molar-refractivity contribution in [2.75, 3.05) is 6.16 Å². The molecule has 0 bridgehead atoms. The Bertz CT molecular complexity index is 1030. The molecule has 1 N–H and O–H groups in total. The van der Waals surface area contributed by atoms with E-state index in [1.165, 1.54) is 12.7 Å². The fraction of sp³-hybridized carbons (Fsp3) is 0.550. The molecule has 0 aliphatic carbocycles. The minimum absolute atomic E-state index is 0.0233. The number of nitrogens with one attached hydrogen (secondary N) is 1. The van der Waals surface area contributed by atoms with Crippen LogP contribution < -0.4 is 5.56 Å². The van der Waals surface area contributed by atoms with Gasteiger partial charge in [0.15, 0.2) is 17.3 Å². The van der Waals surface area contributed by atoms with E-state index in [4.69, 9.17) is 9.47 Å². The molecule has 0 aliphatic heterocycles. The van der Waals surface area contributed by atoms with Gasteiger partial charge < -0.3 is 19.0 Å². The number of ether oxygens (including phenoxy) is 2. The largest absolute Gasteiger partial charge is 0.451 e. The number of aromatic amines is 1. The number of hydrogen-bond donors (Lipinski definition) is 1. The quantitative estimate of drug-likeness (QED) is 0.294. The summed E-state index contributed by atoms with van der Waals surface area (Å²) in [7, 11) is -2.23. The van der Waals surface area contributed by atoms with Gasteiger partial charge in [-0.25, -0.2) is 9.97 Å². The van der Waals surface area contributed by atoms with Crippen molar-refractivity contribution in [1.82, 2.24) is 19.5 Å². The fourth-order valence-corrected chi connectivity index (χ4v) is 3.11. The average Bonchev–Trinajstić information content (AvgIpc) is 3.07. The molecule has 1 unspecified atom stereocenters. The molecule has 0 radical (unpaired) electrons. The third-order valence-corrected chi connectivity index (χ3v) is 5.29. The van der Waals surface area contributed by atoms with E-state index < -0.39 is 36.6 Å². The van der Waals surface area contributed by atoms with Crippen molar-refractivity contribution >= 4 is 30.9 Å². The van der Waals surface area contributed by atoms with E-state index in [0.717, 1.165) is 0 Å². The second-order valence-electron chi connectivity index (χ2n) is 8.99. The summed E-state index contributed by atoms with van der Waals surface area (Å²) in [4.78, 5) is 46.7. The predicted molar refractivity (Wildman–Crippen MR) is 115 cm³/mol. The molecule has 0 aromatic carbocycles. The van der Waals surface area contributed by atoms with E-state index in [2.05, 4.69) is 15.0 Å². The van der Waals surface area contributed by atoms with Gasteiger partial charge in [-0.2, -0.15) is 0 Å². The van der Waals surface area contributed by atoms with Crippen LogP contribution in [0.5, 0.6) is 0 Å². The lowest BCUT2D eigenvalue weighted by atomic mass is 9.97. The number of carbonyl (C=O) groups is 2. The van der Waals surface area contributed by atoms with Gasteiger partial charge >= 0.3 is 25.8 Å². The van der Waals surface area contributed by atoms with Crippen LogP contribution in [0.2, 0.25) is 0 Å². The van der Waals surface area contributed by atoms with Gasteiger partial charge in [0.25, 0.3) is 5.56 Å². The number of aromatic nitrogens is 4. The van der Waals surface area contributed by atoms with Crippen LogP contribution in [0.1, 0.15) is 41.5 Å². The predicted octanol–water partition coefficient (Wildman–Crippen LogP) is 2.97. The summed E-state index contributed by atoms with van der Waals surface area (Å²) in [5.41, 5.74) is -1.36. The van der Waals surface area contributed by atoms with Crippen molar-refractivity contribution in [3.63, 3.8) is 0 Å². The molecule has 2 aromatic heterocycles. The normalized spacial score (nSPS) is 13.1. The maximum Gasteiger partial charge on any atom is 0.451 e. The molecule has 10 nitrogen and oxygen atoms in total. The fourth-order valence-electron chi connectivity index (χ4n) is 2.16. The summed E-state index contributed by atoms with van der Waals surface area (Å²) >= 11 is 0. The van der Waals surface area contributed by atoms with Crippen molar-refractivity contribution in [3.8, 4) is 0 Å². The van der Waals surface area contributed by atoms with Crippen molar-refractivity contribution in [2.24, 2.45) is 10.8 Å². The number of carbonyl (C=O) groups excluding carboxylic acids is 2. The van der Waals surface area contributed by atoms with Crippen LogP contribution in [-0.4, -0.2) is 43.7 Å². The molecule has 0 aliphatic rings. The van der Waals surface area contributed by atoms with Crippen LogP contribution in [0, 0.1) is 10.8 Å². The average molecular weight is 451 g/mol. The Morgan fingerprint density at radius 3 is 2.23 bits per heavy atom. The van der Waals surface area contributed by atoms with Gasteiger partial charge in [-0.3, -0.25) is 14.4 Å².